The van der Waals surface area contributed by atoms with Gasteiger partial charge in [0, 0.05) is 23.0 Å². The monoisotopic (exact) mass is 424 g/mol. The molecule has 2 aromatic rings. The SMILES string of the molecule is CC(C)CN1C(=O)c2ccccc2[C@@H](C(=O)NC2CCCCCC2)[C@@H]1c1cccs1. The van der Waals surface area contributed by atoms with Crippen LogP contribution in [0.25, 0.3) is 0 Å². The first-order valence-corrected chi connectivity index (χ1v) is 12.2. The number of hydrogen-bond donors (Lipinski definition) is 1. The first-order chi connectivity index (χ1) is 14.6. The zero-order chi connectivity index (χ0) is 21.1. The van der Waals surface area contributed by atoms with Gasteiger partial charge in [0.15, 0.2) is 0 Å². The molecule has 2 atom stereocenters. The van der Waals surface area contributed by atoms with Gasteiger partial charge in [-0.15, -0.1) is 11.3 Å². The van der Waals surface area contributed by atoms with Crippen LogP contribution < -0.4 is 5.32 Å². The fourth-order valence-electron chi connectivity index (χ4n) is 4.96. The van der Waals surface area contributed by atoms with Crippen LogP contribution in [0.5, 0.6) is 0 Å². The predicted octanol–water partition coefficient (Wildman–Crippen LogP) is 5.52. The Bertz CT molecular complexity index is 869. The van der Waals surface area contributed by atoms with E-state index in [0.29, 0.717) is 18.0 Å². The summed E-state index contributed by atoms with van der Waals surface area (Å²) < 4.78 is 0. The Morgan fingerprint density at radius 1 is 1.10 bits per heavy atom. The molecule has 1 aliphatic carbocycles. The van der Waals surface area contributed by atoms with Gasteiger partial charge in [-0.2, -0.15) is 0 Å². The number of carbonyl (C=O) groups excluding carboxylic acids is 2. The third kappa shape index (κ3) is 4.31. The zero-order valence-electron chi connectivity index (χ0n) is 18.0. The summed E-state index contributed by atoms with van der Waals surface area (Å²) in [6, 6.07) is 11.8. The number of benzene rings is 1. The second-order valence-electron chi connectivity index (χ2n) is 9.07. The number of hydrogen-bond acceptors (Lipinski definition) is 3. The highest BCUT2D eigenvalue weighted by Crippen LogP contribution is 2.44. The predicted molar refractivity (Wildman–Crippen MR) is 122 cm³/mol. The molecule has 1 fully saturated rings. The van der Waals surface area contributed by atoms with Crippen LogP contribution in [-0.4, -0.2) is 29.3 Å². The molecule has 5 heteroatoms. The number of nitrogens with zero attached hydrogens (tertiary/aromatic N) is 1. The zero-order valence-corrected chi connectivity index (χ0v) is 18.8. The van der Waals surface area contributed by atoms with Crippen LogP contribution in [0.4, 0.5) is 0 Å². The summed E-state index contributed by atoms with van der Waals surface area (Å²) in [6.07, 6.45) is 6.98. The number of fused-ring (bicyclic) bond motifs is 1. The maximum absolute atomic E-state index is 13.7. The van der Waals surface area contributed by atoms with Crippen molar-refractivity contribution in [1.82, 2.24) is 10.2 Å². The smallest absolute Gasteiger partial charge is 0.254 e. The normalized spacial score (nSPS) is 22.6. The quantitative estimate of drug-likeness (QED) is 0.642. The number of carbonyl (C=O) groups is 2. The average Bonchev–Trinajstić information content (AvgIpc) is 3.14. The van der Waals surface area contributed by atoms with E-state index in [0.717, 1.165) is 23.3 Å². The summed E-state index contributed by atoms with van der Waals surface area (Å²) >= 11 is 1.63. The van der Waals surface area contributed by atoms with Gasteiger partial charge in [-0.3, -0.25) is 9.59 Å². The van der Waals surface area contributed by atoms with Gasteiger partial charge in [0.2, 0.25) is 5.91 Å². The Kier molecular flexibility index (Phi) is 6.57. The summed E-state index contributed by atoms with van der Waals surface area (Å²) in [5.74, 6) is 0.0528. The lowest BCUT2D eigenvalue weighted by atomic mass is 9.81. The Labute approximate surface area is 183 Å². The van der Waals surface area contributed by atoms with Crippen LogP contribution in [0.2, 0.25) is 0 Å². The average molecular weight is 425 g/mol. The molecule has 1 saturated carbocycles. The molecule has 0 bridgehead atoms. The van der Waals surface area contributed by atoms with Crippen molar-refractivity contribution in [2.45, 2.75) is 70.4 Å². The molecule has 1 aliphatic heterocycles. The van der Waals surface area contributed by atoms with Crippen molar-refractivity contribution in [3.63, 3.8) is 0 Å². The van der Waals surface area contributed by atoms with Gasteiger partial charge >= 0.3 is 0 Å². The van der Waals surface area contributed by atoms with E-state index < -0.39 is 0 Å². The summed E-state index contributed by atoms with van der Waals surface area (Å²) in [5.41, 5.74) is 1.54. The summed E-state index contributed by atoms with van der Waals surface area (Å²) in [6.45, 7) is 4.89. The topological polar surface area (TPSA) is 49.4 Å². The fraction of sp³-hybridized carbons (Fsp3) is 0.520. The van der Waals surface area contributed by atoms with Crippen LogP contribution in [0, 0.1) is 5.92 Å². The van der Waals surface area contributed by atoms with E-state index in [-0.39, 0.29) is 29.8 Å². The molecule has 0 saturated heterocycles. The fourth-order valence-corrected chi connectivity index (χ4v) is 5.83. The van der Waals surface area contributed by atoms with Crippen LogP contribution in [-0.2, 0) is 4.79 Å². The lowest BCUT2D eigenvalue weighted by Crippen LogP contribution is -2.49. The third-order valence-electron chi connectivity index (χ3n) is 6.32. The van der Waals surface area contributed by atoms with Crippen LogP contribution in [0.15, 0.2) is 41.8 Å². The van der Waals surface area contributed by atoms with Crippen molar-refractivity contribution in [3.8, 4) is 0 Å². The van der Waals surface area contributed by atoms with Crippen molar-refractivity contribution >= 4 is 23.2 Å². The molecule has 2 amide bonds. The number of amides is 2. The van der Waals surface area contributed by atoms with E-state index in [9.17, 15) is 9.59 Å². The molecule has 0 radical (unpaired) electrons. The molecule has 0 unspecified atom stereocenters. The van der Waals surface area contributed by atoms with Gasteiger partial charge in [0.05, 0.1) is 12.0 Å². The van der Waals surface area contributed by atoms with Crippen LogP contribution >= 0.6 is 11.3 Å². The van der Waals surface area contributed by atoms with E-state index >= 15 is 0 Å². The number of thiophene rings is 1. The number of nitrogens with one attached hydrogen (secondary N) is 1. The maximum Gasteiger partial charge on any atom is 0.254 e. The largest absolute Gasteiger partial charge is 0.353 e. The molecule has 1 N–H and O–H groups in total. The minimum absolute atomic E-state index is 0.0382. The van der Waals surface area contributed by atoms with Crippen molar-refractivity contribution in [3.05, 3.63) is 57.8 Å². The van der Waals surface area contributed by atoms with Gasteiger partial charge in [0.25, 0.3) is 5.91 Å². The highest BCUT2D eigenvalue weighted by molar-refractivity contribution is 7.10. The lowest BCUT2D eigenvalue weighted by Gasteiger charge is -2.42. The molecule has 2 aliphatic rings. The summed E-state index contributed by atoms with van der Waals surface area (Å²) in [7, 11) is 0. The second kappa shape index (κ2) is 9.34. The third-order valence-corrected chi connectivity index (χ3v) is 7.26. The van der Waals surface area contributed by atoms with Crippen molar-refractivity contribution in [2.75, 3.05) is 6.54 Å². The number of rotatable bonds is 5. The first kappa shape index (κ1) is 21.1. The lowest BCUT2D eigenvalue weighted by molar-refractivity contribution is -0.125. The van der Waals surface area contributed by atoms with Crippen molar-refractivity contribution in [2.24, 2.45) is 5.92 Å². The highest BCUT2D eigenvalue weighted by atomic mass is 32.1. The molecule has 2 heterocycles. The molecule has 0 spiro atoms. The molecular formula is C25H32N2O2S. The van der Waals surface area contributed by atoms with Crippen molar-refractivity contribution < 1.29 is 9.59 Å². The Hall–Kier alpha value is -2.14. The van der Waals surface area contributed by atoms with Crippen molar-refractivity contribution in [1.29, 1.82) is 0 Å². The Morgan fingerprint density at radius 2 is 1.83 bits per heavy atom. The second-order valence-corrected chi connectivity index (χ2v) is 10.1. The molecule has 4 rings (SSSR count). The van der Waals surface area contributed by atoms with E-state index in [4.69, 9.17) is 0 Å². The van der Waals surface area contributed by atoms with Crippen LogP contribution in [0.3, 0.4) is 0 Å². The minimum atomic E-state index is -0.375. The molecule has 30 heavy (non-hydrogen) atoms. The van der Waals surface area contributed by atoms with E-state index in [1.807, 2.05) is 40.6 Å². The van der Waals surface area contributed by atoms with Gasteiger partial charge in [0.1, 0.15) is 0 Å². The van der Waals surface area contributed by atoms with E-state index in [1.165, 1.54) is 25.7 Å². The standard InChI is InChI=1S/C25H32N2O2S/c1-17(2)16-27-23(21-14-9-15-30-21)22(19-12-7-8-13-20(19)25(27)29)24(28)26-18-10-5-3-4-6-11-18/h7-9,12-15,17-18,22-23H,3-6,10-11,16H2,1-2H3,(H,26,28)/t22-,23+/m1/s1. The molecular weight excluding hydrogens is 392 g/mol. The Balaban J connectivity index is 1.74. The maximum atomic E-state index is 13.7. The molecule has 1 aromatic carbocycles. The molecule has 4 nitrogen and oxygen atoms in total. The summed E-state index contributed by atoms with van der Waals surface area (Å²) in [4.78, 5) is 30.2. The minimum Gasteiger partial charge on any atom is -0.353 e. The van der Waals surface area contributed by atoms with Gasteiger partial charge in [-0.25, -0.2) is 0 Å². The van der Waals surface area contributed by atoms with E-state index in [1.54, 1.807) is 11.3 Å². The van der Waals surface area contributed by atoms with E-state index in [2.05, 4.69) is 25.2 Å². The van der Waals surface area contributed by atoms with Crippen LogP contribution in [0.1, 0.15) is 85.1 Å². The molecule has 160 valence electrons. The van der Waals surface area contributed by atoms with Gasteiger partial charge in [-0.1, -0.05) is 63.8 Å². The Morgan fingerprint density at radius 3 is 2.50 bits per heavy atom. The summed E-state index contributed by atoms with van der Waals surface area (Å²) in [5, 5.41) is 5.41. The molecule has 1 aromatic heterocycles. The van der Waals surface area contributed by atoms with Gasteiger partial charge in [-0.05, 0) is 41.8 Å². The van der Waals surface area contributed by atoms with Gasteiger partial charge < -0.3 is 10.2 Å². The highest BCUT2D eigenvalue weighted by Gasteiger charge is 2.44. The first-order valence-electron chi connectivity index (χ1n) is 11.3.